The lowest BCUT2D eigenvalue weighted by molar-refractivity contribution is -0.146. The average molecular weight is 331 g/mol. The van der Waals surface area contributed by atoms with Gasteiger partial charge in [0.25, 0.3) is 0 Å². The van der Waals surface area contributed by atoms with E-state index in [1.807, 2.05) is 0 Å². The van der Waals surface area contributed by atoms with Gasteiger partial charge in [0.2, 0.25) is 0 Å². The van der Waals surface area contributed by atoms with E-state index >= 15 is 0 Å². The van der Waals surface area contributed by atoms with Gasteiger partial charge < -0.3 is 4.74 Å². The zero-order valence-electron chi connectivity index (χ0n) is 16.2. The van der Waals surface area contributed by atoms with Crippen molar-refractivity contribution in [1.82, 2.24) is 0 Å². The van der Waals surface area contributed by atoms with E-state index in [9.17, 15) is 4.79 Å². The summed E-state index contributed by atoms with van der Waals surface area (Å²) in [5.74, 6) is 1.00. The molecule has 0 bridgehead atoms. The van der Waals surface area contributed by atoms with Crippen LogP contribution in [0.4, 0.5) is 0 Å². The van der Waals surface area contributed by atoms with Crippen molar-refractivity contribution in [3.8, 4) is 0 Å². The van der Waals surface area contributed by atoms with E-state index in [1.54, 1.807) is 0 Å². The zero-order chi connectivity index (χ0) is 17.9. The highest BCUT2D eigenvalue weighted by Crippen LogP contribution is 2.54. The van der Waals surface area contributed by atoms with Gasteiger partial charge in [-0.25, -0.2) is 0 Å². The minimum atomic E-state index is -0.175. The van der Waals surface area contributed by atoms with Crippen LogP contribution in [0.5, 0.6) is 0 Å². The molecule has 0 radical (unpaired) electrons. The predicted octanol–water partition coefficient (Wildman–Crippen LogP) is 5.99. The summed E-state index contributed by atoms with van der Waals surface area (Å²) >= 11 is 0. The highest BCUT2D eigenvalue weighted by molar-refractivity contribution is 5.66. The van der Waals surface area contributed by atoms with Crippen LogP contribution in [-0.2, 0) is 9.53 Å². The van der Waals surface area contributed by atoms with E-state index in [-0.39, 0.29) is 17.5 Å². The molecule has 2 aliphatic rings. The molecule has 0 aromatic carbocycles. The molecule has 2 rings (SSSR count). The molecule has 0 aromatic rings. The monoisotopic (exact) mass is 330 g/mol. The molecular weight excluding hydrogens is 296 g/mol. The Bertz CT molecular complexity index is 554. The van der Waals surface area contributed by atoms with Gasteiger partial charge in [-0.05, 0) is 82.1 Å². The smallest absolute Gasteiger partial charge is 0.303 e. The lowest BCUT2D eigenvalue weighted by atomic mass is 9.70. The van der Waals surface area contributed by atoms with Crippen molar-refractivity contribution in [1.29, 1.82) is 0 Å². The number of rotatable bonds is 2. The number of hydrogen-bond acceptors (Lipinski definition) is 2. The summed E-state index contributed by atoms with van der Waals surface area (Å²) in [6, 6.07) is 0. The molecule has 0 aliphatic heterocycles. The first-order valence-corrected chi connectivity index (χ1v) is 9.38. The summed E-state index contributed by atoms with van der Waals surface area (Å²) in [5.41, 5.74) is 4.18. The standard InChI is InChI=1S/C22H34O2/c1-15(2)19-12-13-22(6)14-21(24-18(5)23)17(4)9-7-8-16(3)10-11-20(19)22/h9-10,19-21H,1,7-8,11-14H2,2-6H3/b16-10+,17-9+/t19?,20-,21-,22+/m0/s1. The summed E-state index contributed by atoms with van der Waals surface area (Å²) in [5, 5.41) is 0. The van der Waals surface area contributed by atoms with Gasteiger partial charge >= 0.3 is 5.97 Å². The molecule has 0 heterocycles. The fourth-order valence-electron chi connectivity index (χ4n) is 4.66. The lowest BCUT2D eigenvalue weighted by Gasteiger charge is -2.37. The van der Waals surface area contributed by atoms with Gasteiger partial charge in [-0.1, -0.05) is 36.8 Å². The van der Waals surface area contributed by atoms with E-state index in [1.165, 1.54) is 36.5 Å². The van der Waals surface area contributed by atoms with Crippen molar-refractivity contribution in [2.45, 2.75) is 79.2 Å². The van der Waals surface area contributed by atoms with Gasteiger partial charge in [0.05, 0.1) is 0 Å². The SMILES string of the molecule is C=C(C)C1CC[C@]2(C)C[C@H](OC(C)=O)/C(C)=C/CC/C(C)=C/C[C@@H]12. The van der Waals surface area contributed by atoms with Crippen LogP contribution in [0.25, 0.3) is 0 Å². The molecule has 4 atom stereocenters. The van der Waals surface area contributed by atoms with Crippen molar-refractivity contribution in [2.24, 2.45) is 17.3 Å². The normalized spacial score (nSPS) is 38.8. The van der Waals surface area contributed by atoms with Crippen LogP contribution >= 0.6 is 0 Å². The third kappa shape index (κ3) is 4.40. The van der Waals surface area contributed by atoms with E-state index in [0.717, 1.165) is 25.7 Å². The summed E-state index contributed by atoms with van der Waals surface area (Å²) in [7, 11) is 0. The summed E-state index contributed by atoms with van der Waals surface area (Å²) < 4.78 is 5.73. The molecule has 1 saturated carbocycles. The zero-order valence-corrected chi connectivity index (χ0v) is 16.2. The molecule has 2 aliphatic carbocycles. The van der Waals surface area contributed by atoms with Crippen LogP contribution in [0.3, 0.4) is 0 Å². The molecule has 1 unspecified atom stereocenters. The van der Waals surface area contributed by atoms with Gasteiger partial charge in [-0.3, -0.25) is 4.79 Å². The number of carbonyl (C=O) groups is 1. The summed E-state index contributed by atoms with van der Waals surface area (Å²) in [4.78, 5) is 11.6. The number of ether oxygens (including phenoxy) is 1. The minimum Gasteiger partial charge on any atom is -0.458 e. The van der Waals surface area contributed by atoms with Crippen molar-refractivity contribution < 1.29 is 9.53 Å². The van der Waals surface area contributed by atoms with Gasteiger partial charge in [0.1, 0.15) is 6.10 Å². The molecular formula is C22H34O2. The van der Waals surface area contributed by atoms with Crippen molar-refractivity contribution in [3.05, 3.63) is 35.5 Å². The molecule has 0 N–H and O–H groups in total. The second-order valence-electron chi connectivity index (χ2n) is 8.33. The number of allylic oxidation sites excluding steroid dienone is 4. The fourth-order valence-corrected chi connectivity index (χ4v) is 4.66. The first kappa shape index (κ1) is 19.0. The maximum Gasteiger partial charge on any atom is 0.303 e. The second kappa shape index (κ2) is 7.72. The highest BCUT2D eigenvalue weighted by Gasteiger charge is 2.46. The molecule has 134 valence electrons. The van der Waals surface area contributed by atoms with Crippen molar-refractivity contribution >= 4 is 5.97 Å². The van der Waals surface area contributed by atoms with E-state index in [4.69, 9.17) is 4.74 Å². The van der Waals surface area contributed by atoms with Crippen molar-refractivity contribution in [3.63, 3.8) is 0 Å². The number of hydrogen-bond donors (Lipinski definition) is 0. The van der Waals surface area contributed by atoms with E-state index in [0.29, 0.717) is 11.8 Å². The van der Waals surface area contributed by atoms with Crippen LogP contribution in [0.15, 0.2) is 35.5 Å². The Morgan fingerprint density at radius 1 is 1.29 bits per heavy atom. The predicted molar refractivity (Wildman–Crippen MR) is 101 cm³/mol. The lowest BCUT2D eigenvalue weighted by Crippen LogP contribution is -2.32. The number of fused-ring (bicyclic) bond motifs is 1. The highest BCUT2D eigenvalue weighted by atomic mass is 16.5. The third-order valence-electron chi connectivity index (χ3n) is 6.23. The van der Waals surface area contributed by atoms with Gasteiger partial charge in [-0.2, -0.15) is 0 Å². The van der Waals surface area contributed by atoms with Gasteiger partial charge in [-0.15, -0.1) is 0 Å². The minimum absolute atomic E-state index is 0.0859. The Morgan fingerprint density at radius 2 is 2.00 bits per heavy atom. The summed E-state index contributed by atoms with van der Waals surface area (Å²) in [6.45, 7) is 14.7. The Labute approximate surface area is 148 Å². The van der Waals surface area contributed by atoms with Gasteiger partial charge in [0, 0.05) is 6.92 Å². The van der Waals surface area contributed by atoms with E-state index < -0.39 is 0 Å². The first-order chi connectivity index (χ1) is 11.2. The molecule has 24 heavy (non-hydrogen) atoms. The maximum atomic E-state index is 11.6. The molecule has 0 aromatic heterocycles. The van der Waals surface area contributed by atoms with Crippen LogP contribution < -0.4 is 0 Å². The molecule has 0 saturated heterocycles. The second-order valence-corrected chi connectivity index (χ2v) is 8.33. The number of carbonyl (C=O) groups excluding carboxylic acids is 1. The maximum absolute atomic E-state index is 11.6. The fraction of sp³-hybridized carbons (Fsp3) is 0.682. The third-order valence-corrected chi connectivity index (χ3v) is 6.23. The summed E-state index contributed by atoms with van der Waals surface area (Å²) in [6.07, 6.45) is 11.2. The number of esters is 1. The van der Waals surface area contributed by atoms with Crippen LogP contribution in [-0.4, -0.2) is 12.1 Å². The average Bonchev–Trinajstić information content (AvgIpc) is 2.79. The Morgan fingerprint density at radius 3 is 2.62 bits per heavy atom. The van der Waals surface area contributed by atoms with Crippen LogP contribution in [0.2, 0.25) is 0 Å². The Kier molecular flexibility index (Phi) is 6.11. The quantitative estimate of drug-likeness (QED) is 0.459. The molecule has 1 fully saturated rings. The topological polar surface area (TPSA) is 26.3 Å². The molecule has 0 spiro atoms. The first-order valence-electron chi connectivity index (χ1n) is 9.38. The largest absolute Gasteiger partial charge is 0.458 e. The Hall–Kier alpha value is -1.31. The molecule has 2 heteroatoms. The van der Waals surface area contributed by atoms with E-state index in [2.05, 4.69) is 46.4 Å². The van der Waals surface area contributed by atoms with Crippen molar-refractivity contribution in [2.75, 3.05) is 0 Å². The van der Waals surface area contributed by atoms with Crippen LogP contribution in [0, 0.1) is 17.3 Å². The Balaban J connectivity index is 2.37. The molecule has 0 amide bonds. The molecule has 2 nitrogen and oxygen atoms in total. The van der Waals surface area contributed by atoms with Gasteiger partial charge in [0.15, 0.2) is 0 Å². The van der Waals surface area contributed by atoms with Crippen LogP contribution in [0.1, 0.15) is 73.1 Å².